The van der Waals surface area contributed by atoms with E-state index in [1.54, 1.807) is 12.1 Å². The Bertz CT molecular complexity index is 392. The predicted molar refractivity (Wildman–Crippen MR) is 58.8 cm³/mol. The molecule has 15 heavy (non-hydrogen) atoms. The van der Waals surface area contributed by atoms with Crippen molar-refractivity contribution in [3.05, 3.63) is 24.3 Å². The van der Waals surface area contributed by atoms with Crippen LogP contribution in [0.1, 0.15) is 0 Å². The summed E-state index contributed by atoms with van der Waals surface area (Å²) in [6.07, 6.45) is 0. The average Bonchev–Trinajstić information content (AvgIpc) is 2.14. The molecule has 0 aromatic heterocycles. The van der Waals surface area contributed by atoms with Crippen LogP contribution in [0.5, 0.6) is 0 Å². The van der Waals surface area contributed by atoms with Crippen LogP contribution in [0.25, 0.3) is 0 Å². The third-order valence-electron chi connectivity index (χ3n) is 1.48. The van der Waals surface area contributed by atoms with Crippen molar-refractivity contribution >= 4 is 28.1 Å². The lowest BCUT2D eigenvalue weighted by atomic mass is 10.3. The SMILES string of the molecule is CONNc1ccc(S(N)(=O)=O)cc1.Cl. The average molecular weight is 254 g/mol. The Morgan fingerprint density at radius 1 is 1.27 bits per heavy atom. The van der Waals surface area contributed by atoms with Gasteiger partial charge in [-0.3, -0.25) is 10.3 Å². The molecule has 0 aliphatic carbocycles. The van der Waals surface area contributed by atoms with Gasteiger partial charge in [-0.25, -0.2) is 13.6 Å². The van der Waals surface area contributed by atoms with Gasteiger partial charge in [-0.15, -0.1) is 18.0 Å². The molecular weight excluding hydrogens is 242 g/mol. The van der Waals surface area contributed by atoms with E-state index in [9.17, 15) is 8.42 Å². The normalized spacial score (nSPS) is 10.5. The number of nitrogens with one attached hydrogen (secondary N) is 2. The van der Waals surface area contributed by atoms with Crippen LogP contribution in [-0.4, -0.2) is 15.5 Å². The molecule has 0 saturated heterocycles. The van der Waals surface area contributed by atoms with Crippen LogP contribution in [0, 0.1) is 0 Å². The van der Waals surface area contributed by atoms with E-state index in [1.165, 1.54) is 19.2 Å². The number of primary sulfonamides is 1. The molecule has 8 heteroatoms. The zero-order valence-electron chi connectivity index (χ0n) is 7.93. The van der Waals surface area contributed by atoms with Crippen molar-refractivity contribution in [2.45, 2.75) is 4.90 Å². The summed E-state index contributed by atoms with van der Waals surface area (Å²) in [5.41, 5.74) is 5.72. The highest BCUT2D eigenvalue weighted by Gasteiger charge is 2.05. The molecule has 0 atom stereocenters. The van der Waals surface area contributed by atoms with Gasteiger partial charge in [-0.05, 0) is 24.3 Å². The molecule has 0 saturated carbocycles. The van der Waals surface area contributed by atoms with Crippen molar-refractivity contribution in [3.8, 4) is 0 Å². The minimum absolute atomic E-state index is 0. The lowest BCUT2D eigenvalue weighted by Crippen LogP contribution is -2.19. The molecule has 1 aromatic carbocycles. The van der Waals surface area contributed by atoms with Gasteiger partial charge in [-0.1, -0.05) is 0 Å². The maximum Gasteiger partial charge on any atom is 0.238 e. The maximum atomic E-state index is 10.9. The van der Waals surface area contributed by atoms with Crippen molar-refractivity contribution in [2.24, 2.45) is 5.14 Å². The Balaban J connectivity index is 0.00000196. The second-order valence-corrected chi connectivity index (χ2v) is 4.06. The Hall–Kier alpha value is -0.860. The molecular formula is C7H12ClN3O3S. The van der Waals surface area contributed by atoms with Crippen LogP contribution in [0.2, 0.25) is 0 Å². The summed E-state index contributed by atoms with van der Waals surface area (Å²) < 4.78 is 21.8. The largest absolute Gasteiger partial charge is 0.299 e. The Kier molecular flexibility index (Phi) is 5.55. The minimum atomic E-state index is -3.62. The molecule has 0 heterocycles. The van der Waals surface area contributed by atoms with Gasteiger partial charge in [0.2, 0.25) is 10.0 Å². The van der Waals surface area contributed by atoms with Gasteiger partial charge in [-0.2, -0.15) is 0 Å². The smallest absolute Gasteiger partial charge is 0.238 e. The lowest BCUT2D eigenvalue weighted by molar-refractivity contribution is 0.111. The molecule has 0 amide bonds. The molecule has 1 aromatic rings. The maximum absolute atomic E-state index is 10.9. The standard InChI is InChI=1S/C7H11N3O3S.ClH/c1-13-10-9-6-2-4-7(5-3-6)14(8,11)12;/h2-5,9-10H,1H3,(H2,8,11,12);1H. The van der Waals surface area contributed by atoms with Gasteiger partial charge in [0.1, 0.15) is 0 Å². The molecule has 4 N–H and O–H groups in total. The Morgan fingerprint density at radius 2 is 1.80 bits per heavy atom. The topological polar surface area (TPSA) is 93.4 Å². The highest BCUT2D eigenvalue weighted by Crippen LogP contribution is 2.11. The number of sulfonamides is 1. The van der Waals surface area contributed by atoms with Crippen LogP contribution in [0.3, 0.4) is 0 Å². The first-order valence-electron chi connectivity index (χ1n) is 3.71. The highest BCUT2D eigenvalue weighted by atomic mass is 35.5. The zero-order valence-corrected chi connectivity index (χ0v) is 9.56. The fraction of sp³-hybridized carbons (Fsp3) is 0.143. The van der Waals surface area contributed by atoms with Crippen LogP contribution in [-0.2, 0) is 14.9 Å². The molecule has 0 unspecified atom stereocenters. The molecule has 0 bridgehead atoms. The third kappa shape index (κ3) is 4.45. The van der Waals surface area contributed by atoms with E-state index in [2.05, 4.69) is 15.9 Å². The van der Waals surface area contributed by atoms with E-state index in [0.717, 1.165) is 0 Å². The monoisotopic (exact) mass is 253 g/mol. The number of benzene rings is 1. The zero-order chi connectivity index (χ0) is 10.6. The van der Waals surface area contributed by atoms with Crippen molar-refractivity contribution in [2.75, 3.05) is 12.5 Å². The van der Waals surface area contributed by atoms with Gasteiger partial charge in [0.05, 0.1) is 17.7 Å². The first-order chi connectivity index (χ1) is 6.54. The Labute approximate surface area is 94.2 Å². The van der Waals surface area contributed by atoms with Crippen LogP contribution < -0.4 is 16.2 Å². The summed E-state index contributed by atoms with van der Waals surface area (Å²) in [4.78, 5) is 4.61. The van der Waals surface area contributed by atoms with E-state index in [-0.39, 0.29) is 17.3 Å². The number of rotatable bonds is 4. The number of anilines is 1. The van der Waals surface area contributed by atoms with Crippen molar-refractivity contribution < 1.29 is 13.3 Å². The van der Waals surface area contributed by atoms with Gasteiger partial charge >= 0.3 is 0 Å². The second-order valence-electron chi connectivity index (χ2n) is 2.50. The fourth-order valence-electron chi connectivity index (χ4n) is 0.838. The van der Waals surface area contributed by atoms with E-state index in [1.807, 2.05) is 0 Å². The molecule has 0 aliphatic rings. The summed E-state index contributed by atoms with van der Waals surface area (Å²) in [5.74, 6) is 0. The number of hydrogen-bond donors (Lipinski definition) is 3. The molecule has 1 rings (SSSR count). The van der Waals surface area contributed by atoms with Crippen molar-refractivity contribution in [1.29, 1.82) is 0 Å². The number of hydrazine groups is 1. The summed E-state index contributed by atoms with van der Waals surface area (Å²) in [6, 6.07) is 5.92. The second kappa shape index (κ2) is 5.89. The van der Waals surface area contributed by atoms with Gasteiger partial charge in [0.25, 0.3) is 0 Å². The van der Waals surface area contributed by atoms with E-state index >= 15 is 0 Å². The molecule has 6 nitrogen and oxygen atoms in total. The quantitative estimate of drug-likeness (QED) is 0.668. The van der Waals surface area contributed by atoms with E-state index in [4.69, 9.17) is 5.14 Å². The van der Waals surface area contributed by atoms with Crippen LogP contribution in [0.15, 0.2) is 29.2 Å². The Morgan fingerprint density at radius 3 is 2.20 bits per heavy atom. The van der Waals surface area contributed by atoms with E-state index in [0.29, 0.717) is 5.69 Å². The number of nitrogens with two attached hydrogens (primary N) is 1. The molecule has 0 aliphatic heterocycles. The molecule has 86 valence electrons. The fourth-order valence-corrected chi connectivity index (χ4v) is 1.35. The summed E-state index contributed by atoms with van der Waals surface area (Å²) >= 11 is 0. The van der Waals surface area contributed by atoms with E-state index < -0.39 is 10.0 Å². The minimum Gasteiger partial charge on any atom is -0.299 e. The van der Waals surface area contributed by atoms with Crippen LogP contribution >= 0.6 is 12.4 Å². The molecule has 0 radical (unpaired) electrons. The number of halogens is 1. The molecule has 0 fully saturated rings. The first-order valence-corrected chi connectivity index (χ1v) is 5.25. The summed E-state index contributed by atoms with van der Waals surface area (Å²) in [6.45, 7) is 0. The van der Waals surface area contributed by atoms with Crippen molar-refractivity contribution in [3.63, 3.8) is 0 Å². The van der Waals surface area contributed by atoms with Gasteiger partial charge < -0.3 is 0 Å². The van der Waals surface area contributed by atoms with Gasteiger partial charge in [0.15, 0.2) is 0 Å². The summed E-state index contributed by atoms with van der Waals surface area (Å²) in [7, 11) is -2.17. The predicted octanol–water partition coefficient (Wildman–Crippen LogP) is 0.234. The lowest BCUT2D eigenvalue weighted by Gasteiger charge is -2.05. The number of hydrogen-bond acceptors (Lipinski definition) is 5. The summed E-state index contributed by atoms with van der Waals surface area (Å²) in [5, 5.41) is 4.92. The van der Waals surface area contributed by atoms with Crippen LogP contribution in [0.4, 0.5) is 5.69 Å². The third-order valence-corrected chi connectivity index (χ3v) is 2.41. The van der Waals surface area contributed by atoms with Gasteiger partial charge in [0, 0.05) is 0 Å². The highest BCUT2D eigenvalue weighted by molar-refractivity contribution is 7.89. The first kappa shape index (κ1) is 14.1. The molecule has 0 spiro atoms. The van der Waals surface area contributed by atoms with Crippen molar-refractivity contribution in [1.82, 2.24) is 5.59 Å².